The second-order valence-electron chi connectivity index (χ2n) is 3.30. The van der Waals surface area contributed by atoms with Crippen molar-refractivity contribution in [2.75, 3.05) is 6.61 Å². The highest BCUT2D eigenvalue weighted by Gasteiger charge is 2.16. The van der Waals surface area contributed by atoms with Gasteiger partial charge in [0.05, 0.1) is 12.8 Å². The summed E-state index contributed by atoms with van der Waals surface area (Å²) in [6.07, 6.45) is 1.43. The van der Waals surface area contributed by atoms with Crippen LogP contribution in [0.1, 0.15) is 17.4 Å². The standard InChI is InChI=1S/C12H11FN2O2/c1-2-17-12(16)11-7-8-14-15(11)10-6-4-3-5-9(10)13/h3-8H,2H2,1H3. The molecule has 0 spiro atoms. The van der Waals surface area contributed by atoms with E-state index in [0.29, 0.717) is 0 Å². The smallest absolute Gasteiger partial charge is 0.357 e. The van der Waals surface area contributed by atoms with Gasteiger partial charge in [-0.25, -0.2) is 13.9 Å². The molecule has 0 unspecified atom stereocenters. The molecule has 0 saturated heterocycles. The van der Waals surface area contributed by atoms with Gasteiger partial charge in [-0.1, -0.05) is 12.1 Å². The van der Waals surface area contributed by atoms with Crippen LogP contribution in [0.2, 0.25) is 0 Å². The second-order valence-corrected chi connectivity index (χ2v) is 3.30. The first kappa shape index (κ1) is 11.3. The summed E-state index contributed by atoms with van der Waals surface area (Å²) in [6.45, 7) is 1.98. The van der Waals surface area contributed by atoms with Crippen LogP contribution >= 0.6 is 0 Å². The van der Waals surface area contributed by atoms with Crippen molar-refractivity contribution in [3.05, 3.63) is 48.0 Å². The Bertz CT molecular complexity index is 537. The number of carbonyl (C=O) groups is 1. The average Bonchev–Trinajstić information content (AvgIpc) is 2.79. The van der Waals surface area contributed by atoms with Gasteiger partial charge in [-0.15, -0.1) is 0 Å². The number of nitrogens with zero attached hydrogens (tertiary/aromatic N) is 2. The summed E-state index contributed by atoms with van der Waals surface area (Å²) in [5.74, 6) is -0.963. The number of hydrogen-bond donors (Lipinski definition) is 0. The molecule has 2 aromatic rings. The van der Waals surface area contributed by atoms with E-state index in [9.17, 15) is 9.18 Å². The number of halogens is 1. The Morgan fingerprint density at radius 3 is 2.88 bits per heavy atom. The minimum absolute atomic E-state index is 0.206. The summed E-state index contributed by atoms with van der Waals surface area (Å²) in [5.41, 5.74) is 0.428. The van der Waals surface area contributed by atoms with E-state index in [1.807, 2.05) is 0 Å². The summed E-state index contributed by atoms with van der Waals surface area (Å²) in [5, 5.41) is 3.93. The third-order valence-corrected chi connectivity index (χ3v) is 2.21. The lowest BCUT2D eigenvalue weighted by molar-refractivity contribution is 0.0515. The van der Waals surface area contributed by atoms with Crippen LogP contribution in [0.4, 0.5) is 4.39 Å². The van der Waals surface area contributed by atoms with Crippen LogP contribution in [0.25, 0.3) is 5.69 Å². The van der Waals surface area contributed by atoms with E-state index in [-0.39, 0.29) is 18.0 Å². The molecular weight excluding hydrogens is 223 g/mol. The number of esters is 1. The Morgan fingerprint density at radius 1 is 1.41 bits per heavy atom. The zero-order valence-corrected chi connectivity index (χ0v) is 9.26. The minimum Gasteiger partial charge on any atom is -0.461 e. The van der Waals surface area contributed by atoms with E-state index in [2.05, 4.69) is 5.10 Å². The van der Waals surface area contributed by atoms with Crippen molar-refractivity contribution in [3.63, 3.8) is 0 Å². The lowest BCUT2D eigenvalue weighted by atomic mass is 10.3. The van der Waals surface area contributed by atoms with Gasteiger partial charge in [-0.05, 0) is 25.1 Å². The highest BCUT2D eigenvalue weighted by molar-refractivity contribution is 5.88. The van der Waals surface area contributed by atoms with Gasteiger partial charge in [-0.2, -0.15) is 5.10 Å². The van der Waals surface area contributed by atoms with Crippen molar-refractivity contribution in [3.8, 4) is 5.69 Å². The van der Waals surface area contributed by atoms with Crippen LogP contribution in [0.5, 0.6) is 0 Å². The lowest BCUT2D eigenvalue weighted by Gasteiger charge is -2.07. The van der Waals surface area contributed by atoms with Crippen molar-refractivity contribution in [1.29, 1.82) is 0 Å². The van der Waals surface area contributed by atoms with Gasteiger partial charge in [0, 0.05) is 0 Å². The molecule has 0 fully saturated rings. The number of aromatic nitrogens is 2. The van der Waals surface area contributed by atoms with Crippen molar-refractivity contribution < 1.29 is 13.9 Å². The normalized spacial score (nSPS) is 10.2. The number of ether oxygens (including phenoxy) is 1. The molecule has 0 aliphatic rings. The lowest BCUT2D eigenvalue weighted by Crippen LogP contribution is -2.12. The number of para-hydroxylation sites is 1. The molecular formula is C12H11FN2O2. The predicted octanol–water partition coefficient (Wildman–Crippen LogP) is 2.19. The topological polar surface area (TPSA) is 44.1 Å². The SMILES string of the molecule is CCOC(=O)c1ccnn1-c1ccccc1F. The Morgan fingerprint density at radius 2 is 2.18 bits per heavy atom. The van der Waals surface area contributed by atoms with Crippen LogP contribution in [-0.4, -0.2) is 22.4 Å². The fourth-order valence-electron chi connectivity index (χ4n) is 1.48. The average molecular weight is 234 g/mol. The number of hydrogen-bond acceptors (Lipinski definition) is 3. The highest BCUT2D eigenvalue weighted by Crippen LogP contribution is 2.14. The molecule has 1 aromatic carbocycles. The van der Waals surface area contributed by atoms with Gasteiger partial charge < -0.3 is 4.74 Å². The van der Waals surface area contributed by atoms with Crippen LogP contribution in [0.15, 0.2) is 36.5 Å². The van der Waals surface area contributed by atoms with E-state index in [0.717, 1.165) is 0 Å². The quantitative estimate of drug-likeness (QED) is 0.764. The monoisotopic (exact) mass is 234 g/mol. The van der Waals surface area contributed by atoms with E-state index < -0.39 is 11.8 Å². The van der Waals surface area contributed by atoms with Crippen LogP contribution in [0.3, 0.4) is 0 Å². The molecule has 2 rings (SSSR count). The molecule has 0 bridgehead atoms. The van der Waals surface area contributed by atoms with Crippen molar-refractivity contribution in [2.45, 2.75) is 6.92 Å². The van der Waals surface area contributed by atoms with E-state index >= 15 is 0 Å². The molecule has 0 aliphatic heterocycles. The van der Waals surface area contributed by atoms with Gasteiger partial charge in [0.15, 0.2) is 5.69 Å². The Labute approximate surface area is 97.6 Å². The first-order valence-electron chi connectivity index (χ1n) is 5.20. The highest BCUT2D eigenvalue weighted by atomic mass is 19.1. The maximum Gasteiger partial charge on any atom is 0.357 e. The van der Waals surface area contributed by atoms with Crippen LogP contribution < -0.4 is 0 Å². The molecule has 0 N–H and O–H groups in total. The zero-order chi connectivity index (χ0) is 12.3. The van der Waals surface area contributed by atoms with Gasteiger partial charge in [0.1, 0.15) is 11.5 Å². The van der Waals surface area contributed by atoms with Gasteiger partial charge in [0.2, 0.25) is 0 Å². The molecule has 0 radical (unpaired) electrons. The summed E-state index contributed by atoms with van der Waals surface area (Å²) < 4.78 is 19.7. The van der Waals surface area contributed by atoms with E-state index in [4.69, 9.17) is 4.74 Å². The largest absolute Gasteiger partial charge is 0.461 e. The number of benzene rings is 1. The predicted molar refractivity (Wildman–Crippen MR) is 59.5 cm³/mol. The summed E-state index contributed by atoms with van der Waals surface area (Å²) in [7, 11) is 0. The molecule has 0 amide bonds. The third kappa shape index (κ3) is 2.18. The summed E-state index contributed by atoms with van der Waals surface area (Å²) in [4.78, 5) is 11.6. The Kier molecular flexibility index (Phi) is 3.18. The molecule has 4 nitrogen and oxygen atoms in total. The van der Waals surface area contributed by atoms with Gasteiger partial charge in [0.25, 0.3) is 0 Å². The van der Waals surface area contributed by atoms with Gasteiger partial charge in [-0.3, -0.25) is 0 Å². The van der Waals surface area contributed by atoms with Crippen LogP contribution in [-0.2, 0) is 4.74 Å². The minimum atomic E-state index is -0.520. The molecule has 17 heavy (non-hydrogen) atoms. The summed E-state index contributed by atoms with van der Waals surface area (Å²) >= 11 is 0. The molecule has 1 aromatic heterocycles. The van der Waals surface area contributed by atoms with Crippen molar-refractivity contribution in [2.24, 2.45) is 0 Å². The fourth-order valence-corrected chi connectivity index (χ4v) is 1.48. The van der Waals surface area contributed by atoms with E-state index in [1.165, 1.54) is 23.0 Å². The summed E-state index contributed by atoms with van der Waals surface area (Å²) in [6, 6.07) is 7.60. The molecule has 88 valence electrons. The maximum absolute atomic E-state index is 13.6. The first-order chi connectivity index (χ1) is 8.24. The van der Waals surface area contributed by atoms with Gasteiger partial charge >= 0.3 is 5.97 Å². The second kappa shape index (κ2) is 4.78. The van der Waals surface area contributed by atoms with Crippen molar-refractivity contribution in [1.82, 2.24) is 9.78 Å². The zero-order valence-electron chi connectivity index (χ0n) is 9.26. The fraction of sp³-hybridized carbons (Fsp3) is 0.167. The number of rotatable bonds is 3. The van der Waals surface area contributed by atoms with Crippen LogP contribution in [0, 0.1) is 5.82 Å². The van der Waals surface area contributed by atoms with E-state index in [1.54, 1.807) is 25.1 Å². The third-order valence-electron chi connectivity index (χ3n) is 2.21. The Hall–Kier alpha value is -2.17. The maximum atomic E-state index is 13.6. The number of carbonyl (C=O) groups excluding carboxylic acids is 1. The van der Waals surface area contributed by atoms with Crippen molar-refractivity contribution >= 4 is 5.97 Å². The molecule has 0 saturated carbocycles. The Balaban J connectivity index is 2.44. The molecule has 0 atom stereocenters. The molecule has 1 heterocycles. The first-order valence-corrected chi connectivity index (χ1v) is 5.20. The molecule has 5 heteroatoms. The molecule has 0 aliphatic carbocycles.